The Morgan fingerprint density at radius 3 is 3.23 bits per heavy atom. The molecule has 0 saturated heterocycles. The van der Waals surface area contributed by atoms with Gasteiger partial charge in [0, 0.05) is 30.6 Å². The second-order valence-corrected chi connectivity index (χ2v) is 4.17. The molecule has 68 valence electrons. The van der Waals surface area contributed by atoms with E-state index in [4.69, 9.17) is 5.26 Å². The van der Waals surface area contributed by atoms with E-state index in [1.807, 2.05) is 12.4 Å². The zero-order valence-corrected chi connectivity index (χ0v) is 8.13. The zero-order valence-electron chi connectivity index (χ0n) is 7.31. The van der Waals surface area contributed by atoms with Gasteiger partial charge in [-0.15, -0.1) is 0 Å². The highest BCUT2D eigenvalue weighted by atomic mass is 32.2. The maximum Gasteiger partial charge on any atom is 0.168 e. The zero-order chi connectivity index (χ0) is 9.10. The monoisotopic (exact) mass is 193 g/mol. The molecule has 0 bridgehead atoms. The molecule has 0 spiro atoms. The summed E-state index contributed by atoms with van der Waals surface area (Å²) in [6.45, 7) is 0. The minimum atomic E-state index is 0.599. The van der Waals surface area contributed by atoms with Crippen molar-refractivity contribution in [2.24, 2.45) is 0 Å². The lowest BCUT2D eigenvalue weighted by molar-refractivity contribution is 0.663. The molecule has 0 radical (unpaired) electrons. The molecule has 0 unspecified atom stereocenters. The molecule has 0 amide bonds. The van der Waals surface area contributed by atoms with E-state index in [-0.39, 0.29) is 0 Å². The van der Waals surface area contributed by atoms with E-state index in [0.717, 1.165) is 10.9 Å². The summed E-state index contributed by atoms with van der Waals surface area (Å²) >= 11 is 1.68. The molecular weight excluding hydrogens is 182 g/mol. The first-order chi connectivity index (χ1) is 6.42. The normalized spacial score (nSPS) is 15.6. The molecule has 0 aromatic carbocycles. The molecule has 4 heteroatoms. The van der Waals surface area contributed by atoms with Crippen LogP contribution in [0.1, 0.15) is 25.3 Å². The van der Waals surface area contributed by atoms with Crippen LogP contribution in [0.15, 0.2) is 17.6 Å². The van der Waals surface area contributed by atoms with Crippen molar-refractivity contribution in [3.8, 4) is 6.07 Å². The van der Waals surface area contributed by atoms with Crippen LogP contribution in [0.5, 0.6) is 0 Å². The van der Waals surface area contributed by atoms with Crippen molar-refractivity contribution in [1.82, 2.24) is 9.55 Å². The van der Waals surface area contributed by atoms with Crippen LogP contribution in [-0.2, 0) is 0 Å². The van der Waals surface area contributed by atoms with Gasteiger partial charge in [-0.1, -0.05) is 11.8 Å². The SMILES string of the molecule is N#CCCSc1nccn1C1CC1. The average molecular weight is 193 g/mol. The lowest BCUT2D eigenvalue weighted by Gasteiger charge is -2.03. The Kier molecular flexibility index (Phi) is 2.55. The summed E-state index contributed by atoms with van der Waals surface area (Å²) in [6, 6.07) is 2.82. The van der Waals surface area contributed by atoms with E-state index in [0.29, 0.717) is 12.5 Å². The molecule has 1 aromatic rings. The van der Waals surface area contributed by atoms with Gasteiger partial charge in [-0.25, -0.2) is 4.98 Å². The number of rotatable bonds is 4. The Bertz CT molecular complexity index is 322. The van der Waals surface area contributed by atoms with E-state index in [2.05, 4.69) is 15.6 Å². The van der Waals surface area contributed by atoms with Crippen molar-refractivity contribution in [3.05, 3.63) is 12.4 Å². The van der Waals surface area contributed by atoms with E-state index in [1.54, 1.807) is 11.8 Å². The van der Waals surface area contributed by atoms with Crippen LogP contribution in [0.25, 0.3) is 0 Å². The highest BCUT2D eigenvalue weighted by Crippen LogP contribution is 2.37. The van der Waals surface area contributed by atoms with Crippen molar-refractivity contribution < 1.29 is 0 Å². The number of imidazole rings is 1. The number of hydrogen-bond donors (Lipinski definition) is 0. The second-order valence-electron chi connectivity index (χ2n) is 3.10. The molecule has 13 heavy (non-hydrogen) atoms. The van der Waals surface area contributed by atoms with Crippen LogP contribution in [-0.4, -0.2) is 15.3 Å². The second kappa shape index (κ2) is 3.84. The predicted octanol–water partition coefficient (Wildman–Crippen LogP) is 2.22. The van der Waals surface area contributed by atoms with Gasteiger partial charge >= 0.3 is 0 Å². The molecule has 2 rings (SSSR count). The Morgan fingerprint density at radius 1 is 1.69 bits per heavy atom. The Balaban J connectivity index is 1.95. The molecule has 1 aromatic heterocycles. The van der Waals surface area contributed by atoms with Gasteiger partial charge in [0.2, 0.25) is 0 Å². The van der Waals surface area contributed by atoms with E-state index < -0.39 is 0 Å². The molecule has 1 fully saturated rings. The number of nitriles is 1. The van der Waals surface area contributed by atoms with Gasteiger partial charge in [-0.2, -0.15) is 5.26 Å². The third-order valence-electron chi connectivity index (χ3n) is 2.02. The molecular formula is C9H11N3S. The number of hydrogen-bond acceptors (Lipinski definition) is 3. The van der Waals surface area contributed by atoms with E-state index in [1.165, 1.54) is 12.8 Å². The molecule has 1 aliphatic rings. The minimum Gasteiger partial charge on any atom is -0.323 e. The maximum absolute atomic E-state index is 8.40. The van der Waals surface area contributed by atoms with Crippen LogP contribution >= 0.6 is 11.8 Å². The van der Waals surface area contributed by atoms with Gasteiger partial charge in [0.15, 0.2) is 5.16 Å². The largest absolute Gasteiger partial charge is 0.323 e. The first kappa shape index (κ1) is 8.64. The smallest absolute Gasteiger partial charge is 0.168 e. The third-order valence-corrected chi connectivity index (χ3v) is 3.00. The topological polar surface area (TPSA) is 41.6 Å². The summed E-state index contributed by atoms with van der Waals surface area (Å²) in [5.74, 6) is 0.847. The van der Waals surface area contributed by atoms with Gasteiger partial charge in [-0.3, -0.25) is 0 Å². The van der Waals surface area contributed by atoms with E-state index in [9.17, 15) is 0 Å². The van der Waals surface area contributed by atoms with Crippen molar-refractivity contribution in [2.45, 2.75) is 30.5 Å². The van der Waals surface area contributed by atoms with Crippen molar-refractivity contribution in [2.75, 3.05) is 5.75 Å². The van der Waals surface area contributed by atoms with Crippen molar-refractivity contribution >= 4 is 11.8 Å². The Morgan fingerprint density at radius 2 is 2.54 bits per heavy atom. The lowest BCUT2D eigenvalue weighted by Crippen LogP contribution is -1.94. The predicted molar refractivity (Wildman–Crippen MR) is 51.5 cm³/mol. The Hall–Kier alpha value is -0.950. The molecule has 0 atom stereocenters. The average Bonchev–Trinajstić information content (AvgIpc) is 2.88. The fourth-order valence-corrected chi connectivity index (χ4v) is 2.10. The number of aromatic nitrogens is 2. The first-order valence-electron chi connectivity index (χ1n) is 4.44. The van der Waals surface area contributed by atoms with Crippen molar-refractivity contribution in [1.29, 1.82) is 5.26 Å². The van der Waals surface area contributed by atoms with Crippen molar-refractivity contribution in [3.63, 3.8) is 0 Å². The van der Waals surface area contributed by atoms with Gasteiger partial charge in [0.25, 0.3) is 0 Å². The summed E-state index contributed by atoms with van der Waals surface area (Å²) < 4.78 is 2.22. The summed E-state index contributed by atoms with van der Waals surface area (Å²) in [4.78, 5) is 4.27. The van der Waals surface area contributed by atoms with Crippen LogP contribution in [0.2, 0.25) is 0 Å². The maximum atomic E-state index is 8.40. The fourth-order valence-electron chi connectivity index (χ4n) is 1.23. The lowest BCUT2D eigenvalue weighted by atomic mass is 10.6. The van der Waals surface area contributed by atoms with Crippen LogP contribution in [0, 0.1) is 11.3 Å². The van der Waals surface area contributed by atoms with Gasteiger partial charge in [-0.05, 0) is 12.8 Å². The van der Waals surface area contributed by atoms with E-state index >= 15 is 0 Å². The minimum absolute atomic E-state index is 0.599. The standard InChI is InChI=1S/C9H11N3S/c10-4-1-7-13-9-11-5-6-12(9)8-2-3-8/h5-6,8H,1-3,7H2. The Labute approximate surface area is 81.8 Å². The highest BCUT2D eigenvalue weighted by molar-refractivity contribution is 7.99. The molecule has 0 aliphatic heterocycles. The quantitative estimate of drug-likeness (QED) is 0.544. The summed E-state index contributed by atoms with van der Waals surface area (Å²) in [5, 5.41) is 9.46. The number of thioether (sulfide) groups is 1. The van der Waals surface area contributed by atoms with Gasteiger partial charge in [0.05, 0.1) is 6.07 Å². The van der Waals surface area contributed by atoms with Crippen LogP contribution in [0.4, 0.5) is 0 Å². The van der Waals surface area contributed by atoms with Crippen LogP contribution in [0.3, 0.4) is 0 Å². The van der Waals surface area contributed by atoms with Crippen LogP contribution < -0.4 is 0 Å². The molecule has 0 N–H and O–H groups in total. The molecule has 3 nitrogen and oxygen atoms in total. The summed E-state index contributed by atoms with van der Waals surface area (Å²) in [5.41, 5.74) is 0. The fraction of sp³-hybridized carbons (Fsp3) is 0.556. The molecule has 1 saturated carbocycles. The first-order valence-corrected chi connectivity index (χ1v) is 5.43. The van der Waals surface area contributed by atoms with Gasteiger partial charge < -0.3 is 4.57 Å². The highest BCUT2D eigenvalue weighted by Gasteiger charge is 2.25. The third kappa shape index (κ3) is 2.04. The summed E-state index contributed by atoms with van der Waals surface area (Å²) in [7, 11) is 0. The number of nitrogens with zero attached hydrogens (tertiary/aromatic N) is 3. The molecule has 1 aliphatic carbocycles. The molecule has 1 heterocycles. The summed E-state index contributed by atoms with van der Waals surface area (Å²) in [6.07, 6.45) is 7.03. The van der Waals surface area contributed by atoms with Gasteiger partial charge in [0.1, 0.15) is 0 Å².